The van der Waals surface area contributed by atoms with Crippen molar-refractivity contribution in [3.05, 3.63) is 5.82 Å². The van der Waals surface area contributed by atoms with Gasteiger partial charge in [0.05, 0.1) is 6.61 Å². The molecule has 6 heteroatoms. The van der Waals surface area contributed by atoms with E-state index in [1.807, 2.05) is 6.92 Å². The van der Waals surface area contributed by atoms with Crippen molar-refractivity contribution in [2.45, 2.75) is 13.3 Å². The van der Waals surface area contributed by atoms with Gasteiger partial charge in [-0.25, -0.2) is 4.98 Å². The average molecular weight is 216 g/mol. The van der Waals surface area contributed by atoms with E-state index in [2.05, 4.69) is 14.7 Å². The van der Waals surface area contributed by atoms with Gasteiger partial charge in [0.1, 0.15) is 5.82 Å². The van der Waals surface area contributed by atoms with E-state index in [9.17, 15) is 0 Å². The second kappa shape index (κ2) is 6.69. The summed E-state index contributed by atoms with van der Waals surface area (Å²) < 4.78 is 9.29. The van der Waals surface area contributed by atoms with E-state index in [0.29, 0.717) is 13.2 Å². The van der Waals surface area contributed by atoms with Crippen LogP contribution in [0.5, 0.6) is 0 Å². The van der Waals surface area contributed by atoms with Crippen LogP contribution in [0.3, 0.4) is 0 Å². The van der Waals surface area contributed by atoms with Crippen LogP contribution in [0.1, 0.15) is 12.2 Å². The fourth-order valence-corrected chi connectivity index (χ4v) is 1.52. The number of ether oxygens (including phenoxy) is 1. The van der Waals surface area contributed by atoms with Crippen molar-refractivity contribution in [1.82, 2.24) is 9.36 Å². The molecule has 3 N–H and O–H groups in total. The van der Waals surface area contributed by atoms with Crippen molar-refractivity contribution in [2.75, 3.05) is 31.6 Å². The minimum atomic E-state index is 0.586. The molecule has 0 atom stereocenters. The van der Waals surface area contributed by atoms with Crippen molar-refractivity contribution in [3.8, 4) is 0 Å². The standard InChI is InChI=1S/C8H16N4OS/c1-7-11-8(14-12-7)10-4-2-5-13-6-3-9/h2-6,9H2,1H3,(H,10,11,12). The van der Waals surface area contributed by atoms with Gasteiger partial charge in [-0.1, -0.05) is 0 Å². The molecule has 0 radical (unpaired) electrons. The van der Waals surface area contributed by atoms with Crippen LogP contribution in [0, 0.1) is 6.92 Å². The number of nitrogens with two attached hydrogens (primary N) is 1. The number of rotatable bonds is 7. The fraction of sp³-hybridized carbons (Fsp3) is 0.750. The first-order valence-electron chi connectivity index (χ1n) is 4.65. The highest BCUT2D eigenvalue weighted by molar-refractivity contribution is 7.09. The molecule has 0 saturated heterocycles. The second-order valence-corrected chi connectivity index (χ2v) is 3.58. The first-order valence-corrected chi connectivity index (χ1v) is 5.42. The Balaban J connectivity index is 1.99. The first kappa shape index (κ1) is 11.4. The molecule has 1 rings (SSSR count). The van der Waals surface area contributed by atoms with Crippen LogP contribution < -0.4 is 11.1 Å². The summed E-state index contributed by atoms with van der Waals surface area (Å²) in [6, 6.07) is 0. The van der Waals surface area contributed by atoms with Crippen LogP contribution >= 0.6 is 11.5 Å². The third-order valence-electron chi connectivity index (χ3n) is 1.53. The van der Waals surface area contributed by atoms with E-state index < -0.39 is 0 Å². The topological polar surface area (TPSA) is 73.1 Å². The van der Waals surface area contributed by atoms with Crippen molar-refractivity contribution in [1.29, 1.82) is 0 Å². The number of aryl methyl sites for hydroxylation is 1. The Morgan fingerprint density at radius 1 is 1.50 bits per heavy atom. The van der Waals surface area contributed by atoms with Gasteiger partial charge in [-0.3, -0.25) is 0 Å². The van der Waals surface area contributed by atoms with Gasteiger partial charge < -0.3 is 15.8 Å². The van der Waals surface area contributed by atoms with Crippen LogP contribution in [0.25, 0.3) is 0 Å². The van der Waals surface area contributed by atoms with Crippen molar-refractivity contribution < 1.29 is 4.74 Å². The zero-order valence-corrected chi connectivity index (χ0v) is 9.14. The van der Waals surface area contributed by atoms with Crippen LogP contribution in [0.15, 0.2) is 0 Å². The monoisotopic (exact) mass is 216 g/mol. The zero-order chi connectivity index (χ0) is 10.2. The van der Waals surface area contributed by atoms with Gasteiger partial charge in [0.15, 0.2) is 0 Å². The lowest BCUT2D eigenvalue weighted by Gasteiger charge is -2.02. The molecule has 0 unspecified atom stereocenters. The van der Waals surface area contributed by atoms with Crippen LogP contribution in [0.2, 0.25) is 0 Å². The molecule has 0 saturated carbocycles. The maximum atomic E-state index is 5.28. The Kier molecular flexibility index (Phi) is 5.43. The number of hydrogen-bond acceptors (Lipinski definition) is 6. The molecule has 1 aromatic heterocycles. The molecule has 0 aliphatic heterocycles. The number of anilines is 1. The van der Waals surface area contributed by atoms with Crippen molar-refractivity contribution in [3.63, 3.8) is 0 Å². The van der Waals surface area contributed by atoms with E-state index in [1.54, 1.807) is 0 Å². The highest BCUT2D eigenvalue weighted by Gasteiger charge is 1.97. The van der Waals surface area contributed by atoms with E-state index in [1.165, 1.54) is 11.5 Å². The summed E-state index contributed by atoms with van der Waals surface area (Å²) in [5.41, 5.74) is 5.28. The van der Waals surface area contributed by atoms with Crippen molar-refractivity contribution >= 4 is 16.7 Å². The van der Waals surface area contributed by atoms with Gasteiger partial charge in [0, 0.05) is 31.2 Å². The third-order valence-corrected chi connectivity index (χ3v) is 2.30. The Morgan fingerprint density at radius 3 is 3.00 bits per heavy atom. The van der Waals surface area contributed by atoms with Crippen molar-refractivity contribution in [2.24, 2.45) is 5.73 Å². The molecule has 1 aromatic rings. The fourth-order valence-electron chi connectivity index (χ4n) is 0.924. The molecule has 0 aliphatic carbocycles. The van der Waals surface area contributed by atoms with Gasteiger partial charge in [0.25, 0.3) is 0 Å². The predicted octanol–water partition coefficient (Wildman–Crippen LogP) is 0.624. The lowest BCUT2D eigenvalue weighted by molar-refractivity contribution is 0.141. The smallest absolute Gasteiger partial charge is 0.202 e. The van der Waals surface area contributed by atoms with E-state index >= 15 is 0 Å². The molecule has 0 fully saturated rings. The Hall–Kier alpha value is -0.720. The van der Waals surface area contributed by atoms with Gasteiger partial charge >= 0.3 is 0 Å². The summed E-state index contributed by atoms with van der Waals surface area (Å²) in [6.07, 6.45) is 0.957. The Bertz CT molecular complexity index is 253. The van der Waals surface area contributed by atoms with E-state index in [0.717, 1.165) is 30.5 Å². The van der Waals surface area contributed by atoms with Gasteiger partial charge in [-0.15, -0.1) is 0 Å². The predicted molar refractivity (Wildman–Crippen MR) is 57.6 cm³/mol. The summed E-state index contributed by atoms with van der Waals surface area (Å²) >= 11 is 1.38. The number of aromatic nitrogens is 2. The minimum absolute atomic E-state index is 0.586. The number of nitrogens with one attached hydrogen (secondary N) is 1. The van der Waals surface area contributed by atoms with E-state index in [-0.39, 0.29) is 0 Å². The molecular formula is C8H16N4OS. The zero-order valence-electron chi connectivity index (χ0n) is 8.32. The molecule has 0 aliphatic rings. The largest absolute Gasteiger partial charge is 0.380 e. The molecule has 0 spiro atoms. The van der Waals surface area contributed by atoms with Crippen LogP contribution in [-0.4, -0.2) is 35.7 Å². The second-order valence-electron chi connectivity index (χ2n) is 2.83. The quantitative estimate of drug-likeness (QED) is 0.654. The number of hydrogen-bond donors (Lipinski definition) is 2. The lowest BCUT2D eigenvalue weighted by Crippen LogP contribution is -2.11. The summed E-state index contributed by atoms with van der Waals surface area (Å²) in [5, 5.41) is 4.05. The number of nitrogens with zero attached hydrogens (tertiary/aromatic N) is 2. The maximum Gasteiger partial charge on any atom is 0.202 e. The van der Waals surface area contributed by atoms with Crippen LogP contribution in [-0.2, 0) is 4.74 Å². The molecule has 0 amide bonds. The summed E-state index contributed by atoms with van der Waals surface area (Å²) in [4.78, 5) is 4.18. The molecule has 1 heterocycles. The SMILES string of the molecule is Cc1nsc(NCCCOCCN)n1. The normalized spacial score (nSPS) is 10.4. The van der Waals surface area contributed by atoms with Crippen LogP contribution in [0.4, 0.5) is 5.13 Å². The molecule has 0 bridgehead atoms. The summed E-state index contributed by atoms with van der Waals surface area (Å²) in [6.45, 7) is 4.70. The summed E-state index contributed by atoms with van der Waals surface area (Å²) in [7, 11) is 0. The maximum absolute atomic E-state index is 5.28. The minimum Gasteiger partial charge on any atom is -0.380 e. The first-order chi connectivity index (χ1) is 6.83. The van der Waals surface area contributed by atoms with E-state index in [4.69, 9.17) is 10.5 Å². The average Bonchev–Trinajstić information content (AvgIpc) is 2.58. The van der Waals surface area contributed by atoms with Gasteiger partial charge in [0.2, 0.25) is 5.13 Å². The van der Waals surface area contributed by atoms with Gasteiger partial charge in [-0.05, 0) is 13.3 Å². The Morgan fingerprint density at radius 2 is 2.36 bits per heavy atom. The summed E-state index contributed by atoms with van der Waals surface area (Å²) in [5.74, 6) is 0.817. The lowest BCUT2D eigenvalue weighted by atomic mass is 10.4. The highest BCUT2D eigenvalue weighted by atomic mass is 32.1. The Labute approximate surface area is 87.8 Å². The van der Waals surface area contributed by atoms with Gasteiger partial charge in [-0.2, -0.15) is 4.37 Å². The molecule has 14 heavy (non-hydrogen) atoms. The molecule has 5 nitrogen and oxygen atoms in total. The molecule has 80 valence electrons. The highest BCUT2D eigenvalue weighted by Crippen LogP contribution is 2.09. The third kappa shape index (κ3) is 4.50. The molecular weight excluding hydrogens is 200 g/mol. The molecule has 0 aromatic carbocycles.